The van der Waals surface area contributed by atoms with E-state index in [9.17, 15) is 14.0 Å². The lowest BCUT2D eigenvalue weighted by Gasteiger charge is -2.33. The van der Waals surface area contributed by atoms with Gasteiger partial charge in [-0.3, -0.25) is 9.59 Å². The Kier molecular flexibility index (Phi) is 6.88. The van der Waals surface area contributed by atoms with Crippen LogP contribution in [0.3, 0.4) is 0 Å². The molecule has 3 aromatic rings. The maximum absolute atomic E-state index is 13.1. The van der Waals surface area contributed by atoms with Crippen LogP contribution in [0.2, 0.25) is 0 Å². The Balaban J connectivity index is 1.43. The third kappa shape index (κ3) is 5.31. The number of rotatable bonds is 6. The van der Waals surface area contributed by atoms with Crippen LogP contribution in [0.25, 0.3) is 10.6 Å². The van der Waals surface area contributed by atoms with Crippen molar-refractivity contribution in [2.45, 2.75) is 13.5 Å². The molecule has 1 aliphatic heterocycles. The number of hydrogen-bond acceptors (Lipinski definition) is 6. The third-order valence-corrected chi connectivity index (χ3v) is 6.35. The smallest absolute Gasteiger partial charge is 0.273 e. The number of ether oxygens (including phenoxy) is 2. The molecule has 1 fully saturated rings. The van der Waals surface area contributed by atoms with Crippen molar-refractivity contribution in [1.82, 2.24) is 14.8 Å². The van der Waals surface area contributed by atoms with E-state index in [0.717, 1.165) is 11.1 Å². The van der Waals surface area contributed by atoms with Crippen molar-refractivity contribution in [3.8, 4) is 22.1 Å². The molecule has 0 unspecified atom stereocenters. The third-order valence-electron chi connectivity index (χ3n) is 5.45. The molecule has 0 aliphatic carbocycles. The van der Waals surface area contributed by atoms with Gasteiger partial charge in [-0.15, -0.1) is 11.3 Å². The van der Waals surface area contributed by atoms with Gasteiger partial charge >= 0.3 is 0 Å². The summed E-state index contributed by atoms with van der Waals surface area (Å²) >= 11 is 1.38. The molecular formula is C24H24FN3O4S. The lowest BCUT2D eigenvalue weighted by molar-refractivity contribution is -0.130. The van der Waals surface area contributed by atoms with E-state index in [-0.39, 0.29) is 24.2 Å². The molecule has 0 atom stereocenters. The zero-order chi connectivity index (χ0) is 23.4. The number of hydrogen-bond donors (Lipinski definition) is 0. The number of carbonyl (C=O) groups is 2. The fraction of sp³-hybridized carbons (Fsp3) is 0.292. The second-order valence-corrected chi connectivity index (χ2v) is 8.48. The molecule has 172 valence electrons. The van der Waals surface area contributed by atoms with Gasteiger partial charge in [0.15, 0.2) is 11.5 Å². The molecule has 4 rings (SSSR count). The molecule has 1 aliphatic rings. The maximum Gasteiger partial charge on any atom is 0.273 e. The summed E-state index contributed by atoms with van der Waals surface area (Å²) < 4.78 is 24.4. The Morgan fingerprint density at radius 1 is 1.03 bits per heavy atom. The Bertz CT molecular complexity index is 1140. The van der Waals surface area contributed by atoms with E-state index in [0.29, 0.717) is 48.4 Å². The van der Waals surface area contributed by atoms with Gasteiger partial charge in [0.05, 0.1) is 7.11 Å². The highest BCUT2D eigenvalue weighted by atomic mass is 32.1. The summed E-state index contributed by atoms with van der Waals surface area (Å²) in [6, 6.07) is 11.6. The van der Waals surface area contributed by atoms with Gasteiger partial charge in [-0.2, -0.15) is 0 Å². The summed E-state index contributed by atoms with van der Waals surface area (Å²) in [5.41, 5.74) is 2.04. The van der Waals surface area contributed by atoms with Crippen molar-refractivity contribution in [1.29, 1.82) is 0 Å². The second-order valence-electron chi connectivity index (χ2n) is 7.62. The van der Waals surface area contributed by atoms with Gasteiger partial charge in [0.1, 0.15) is 23.1 Å². The first kappa shape index (κ1) is 22.7. The Labute approximate surface area is 195 Å². The van der Waals surface area contributed by atoms with Gasteiger partial charge < -0.3 is 19.3 Å². The number of thiazole rings is 1. The minimum Gasteiger partial charge on any atom is -0.493 e. The van der Waals surface area contributed by atoms with Gasteiger partial charge in [-0.1, -0.05) is 12.1 Å². The second kappa shape index (κ2) is 9.99. The van der Waals surface area contributed by atoms with Crippen LogP contribution in [0.1, 0.15) is 23.0 Å². The van der Waals surface area contributed by atoms with E-state index in [2.05, 4.69) is 4.98 Å². The molecule has 9 heteroatoms. The highest BCUT2D eigenvalue weighted by Crippen LogP contribution is 2.34. The van der Waals surface area contributed by atoms with Crippen molar-refractivity contribution in [2.75, 3.05) is 33.3 Å². The van der Waals surface area contributed by atoms with E-state index in [1.807, 2.05) is 12.1 Å². The molecule has 0 bridgehead atoms. The molecule has 2 heterocycles. The van der Waals surface area contributed by atoms with E-state index >= 15 is 0 Å². The minimum atomic E-state index is -0.291. The number of amides is 2. The van der Waals surface area contributed by atoms with Crippen molar-refractivity contribution >= 4 is 23.2 Å². The average Bonchev–Trinajstić information content (AvgIpc) is 3.33. The molecule has 1 saturated heterocycles. The van der Waals surface area contributed by atoms with Gasteiger partial charge in [0.25, 0.3) is 5.91 Å². The fourth-order valence-electron chi connectivity index (χ4n) is 3.55. The number of nitrogens with zero attached hydrogens (tertiary/aromatic N) is 3. The Morgan fingerprint density at radius 2 is 1.73 bits per heavy atom. The molecule has 1 aromatic heterocycles. The highest BCUT2D eigenvalue weighted by molar-refractivity contribution is 7.13. The summed E-state index contributed by atoms with van der Waals surface area (Å²) in [6.45, 7) is 3.89. The molecule has 2 amide bonds. The van der Waals surface area contributed by atoms with Gasteiger partial charge in [-0.05, 0) is 35.9 Å². The lowest BCUT2D eigenvalue weighted by atomic mass is 10.2. The zero-order valence-corrected chi connectivity index (χ0v) is 19.2. The van der Waals surface area contributed by atoms with E-state index < -0.39 is 0 Å². The number of carbonyl (C=O) groups excluding carboxylic acids is 2. The lowest BCUT2D eigenvalue weighted by Crippen LogP contribution is -2.50. The SMILES string of the molecule is COc1cc(-c2nc(C(=O)N3CCN(C(C)=O)CC3)cs2)ccc1OCc1ccc(F)cc1. The van der Waals surface area contributed by atoms with Crippen LogP contribution >= 0.6 is 11.3 Å². The number of aromatic nitrogens is 1. The highest BCUT2D eigenvalue weighted by Gasteiger charge is 2.25. The van der Waals surface area contributed by atoms with Crippen LogP contribution in [-0.2, 0) is 11.4 Å². The van der Waals surface area contributed by atoms with E-state index in [1.165, 1.54) is 30.4 Å². The Morgan fingerprint density at radius 3 is 2.39 bits per heavy atom. The molecule has 0 spiro atoms. The van der Waals surface area contributed by atoms with E-state index in [4.69, 9.17) is 9.47 Å². The summed E-state index contributed by atoms with van der Waals surface area (Å²) in [5.74, 6) is 0.698. The van der Waals surface area contributed by atoms with E-state index in [1.54, 1.807) is 40.5 Å². The van der Waals surface area contributed by atoms with Crippen LogP contribution in [-0.4, -0.2) is 59.9 Å². The van der Waals surface area contributed by atoms with Crippen molar-refractivity contribution in [2.24, 2.45) is 0 Å². The quantitative estimate of drug-likeness (QED) is 0.549. The first-order chi connectivity index (χ1) is 15.9. The monoisotopic (exact) mass is 469 g/mol. The standard InChI is InChI=1S/C24H24FN3O4S/c1-16(29)27-9-11-28(12-10-27)24(30)20-15-33-23(26-20)18-5-8-21(22(13-18)31-2)32-14-17-3-6-19(25)7-4-17/h3-8,13,15H,9-12,14H2,1-2H3. The Hall–Kier alpha value is -3.46. The predicted octanol–water partition coefficient (Wildman–Crippen LogP) is 3.84. The average molecular weight is 470 g/mol. The molecular weight excluding hydrogens is 445 g/mol. The van der Waals surface area contributed by atoms with Crippen LogP contribution in [0.15, 0.2) is 47.8 Å². The molecule has 0 radical (unpaired) electrons. The summed E-state index contributed by atoms with van der Waals surface area (Å²) in [5, 5.41) is 2.45. The molecule has 33 heavy (non-hydrogen) atoms. The first-order valence-corrected chi connectivity index (χ1v) is 11.4. The van der Waals surface area contributed by atoms with Crippen LogP contribution in [0.4, 0.5) is 4.39 Å². The fourth-order valence-corrected chi connectivity index (χ4v) is 4.34. The number of benzene rings is 2. The number of halogens is 1. The van der Waals surface area contributed by atoms with Gasteiger partial charge in [0, 0.05) is 44.0 Å². The largest absolute Gasteiger partial charge is 0.493 e. The molecule has 0 N–H and O–H groups in total. The van der Waals surface area contributed by atoms with Crippen molar-refractivity contribution in [3.05, 3.63) is 64.9 Å². The molecule has 7 nitrogen and oxygen atoms in total. The first-order valence-electron chi connectivity index (χ1n) is 10.5. The van der Waals surface area contributed by atoms with Crippen LogP contribution in [0.5, 0.6) is 11.5 Å². The maximum atomic E-state index is 13.1. The van der Waals surface area contributed by atoms with Crippen LogP contribution < -0.4 is 9.47 Å². The minimum absolute atomic E-state index is 0.0251. The normalized spacial score (nSPS) is 13.7. The topological polar surface area (TPSA) is 72.0 Å². The van der Waals surface area contributed by atoms with Gasteiger partial charge in [0.2, 0.25) is 5.91 Å². The summed E-state index contributed by atoms with van der Waals surface area (Å²) in [7, 11) is 1.56. The van der Waals surface area contributed by atoms with Crippen LogP contribution in [0, 0.1) is 5.82 Å². The number of methoxy groups -OCH3 is 1. The predicted molar refractivity (Wildman–Crippen MR) is 123 cm³/mol. The summed E-state index contributed by atoms with van der Waals surface area (Å²) in [4.78, 5) is 32.3. The van der Waals surface area contributed by atoms with Crippen molar-refractivity contribution < 1.29 is 23.5 Å². The number of piperazine rings is 1. The van der Waals surface area contributed by atoms with Gasteiger partial charge in [-0.25, -0.2) is 9.37 Å². The van der Waals surface area contributed by atoms with Crippen molar-refractivity contribution in [3.63, 3.8) is 0 Å². The molecule has 2 aromatic carbocycles. The molecule has 0 saturated carbocycles. The zero-order valence-electron chi connectivity index (χ0n) is 18.4. The summed E-state index contributed by atoms with van der Waals surface area (Å²) in [6.07, 6.45) is 0.